The van der Waals surface area contributed by atoms with Gasteiger partial charge in [-0.15, -0.1) is 0 Å². The fourth-order valence-electron chi connectivity index (χ4n) is 2.15. The minimum absolute atomic E-state index is 0.115. The van der Waals surface area contributed by atoms with Crippen molar-refractivity contribution in [1.82, 2.24) is 0 Å². The molecule has 0 aliphatic rings. The first-order valence-electron chi connectivity index (χ1n) is 6.92. The van der Waals surface area contributed by atoms with Crippen molar-refractivity contribution in [2.45, 2.75) is 17.9 Å². The highest BCUT2D eigenvalue weighted by Crippen LogP contribution is 2.33. The predicted molar refractivity (Wildman–Crippen MR) is 94.0 cm³/mol. The Bertz CT molecular complexity index is 931. The molecule has 0 saturated carbocycles. The summed E-state index contributed by atoms with van der Waals surface area (Å²) in [4.78, 5) is 21.3. The number of anilines is 1. The van der Waals surface area contributed by atoms with E-state index in [1.54, 1.807) is 18.2 Å². The maximum Gasteiger partial charge on any atom is 0.327 e. The summed E-state index contributed by atoms with van der Waals surface area (Å²) in [5.41, 5.74) is -0.292. The van der Waals surface area contributed by atoms with E-state index in [0.717, 1.165) is 16.4 Å². The van der Waals surface area contributed by atoms with Crippen molar-refractivity contribution in [2.75, 3.05) is 4.31 Å². The lowest BCUT2D eigenvalue weighted by Gasteiger charge is -2.28. The van der Waals surface area contributed by atoms with Crippen LogP contribution in [0.2, 0.25) is 0 Å². The second-order valence-electron chi connectivity index (χ2n) is 5.02. The van der Waals surface area contributed by atoms with Crippen molar-refractivity contribution in [1.29, 1.82) is 0 Å². The van der Waals surface area contributed by atoms with Crippen LogP contribution in [0, 0.1) is 10.1 Å². The van der Waals surface area contributed by atoms with Crippen LogP contribution in [0.5, 0.6) is 0 Å². The first-order valence-corrected chi connectivity index (χ1v) is 9.16. The SMILES string of the molecule is CC(C(=O)O)N(c1ccccc1Br)S(=O)(=O)c1cccc([N+](=O)[O-])c1. The smallest absolute Gasteiger partial charge is 0.327 e. The molecule has 2 rings (SSSR count). The molecule has 1 unspecified atom stereocenters. The van der Waals surface area contributed by atoms with Gasteiger partial charge in [0.1, 0.15) is 6.04 Å². The molecule has 0 amide bonds. The average Bonchev–Trinajstić information content (AvgIpc) is 2.56. The van der Waals surface area contributed by atoms with Crippen molar-refractivity contribution in [2.24, 2.45) is 0 Å². The molecule has 0 aromatic heterocycles. The van der Waals surface area contributed by atoms with Crippen molar-refractivity contribution in [3.8, 4) is 0 Å². The lowest BCUT2D eigenvalue weighted by Crippen LogP contribution is -2.43. The van der Waals surface area contributed by atoms with Gasteiger partial charge in [-0.05, 0) is 41.1 Å². The second kappa shape index (κ2) is 7.19. The summed E-state index contributed by atoms with van der Waals surface area (Å²) in [5, 5.41) is 20.2. The van der Waals surface area contributed by atoms with Gasteiger partial charge in [0.05, 0.1) is 15.5 Å². The Hall–Kier alpha value is -2.46. The van der Waals surface area contributed by atoms with Gasteiger partial charge >= 0.3 is 5.97 Å². The highest BCUT2D eigenvalue weighted by molar-refractivity contribution is 9.10. The molecule has 1 N–H and O–H groups in total. The highest BCUT2D eigenvalue weighted by atomic mass is 79.9. The second-order valence-corrected chi connectivity index (χ2v) is 7.69. The Morgan fingerprint density at radius 2 is 1.88 bits per heavy atom. The number of halogens is 1. The van der Waals surface area contributed by atoms with Crippen LogP contribution in [0.3, 0.4) is 0 Å². The number of nitro benzene ring substituents is 1. The third kappa shape index (κ3) is 3.80. The molecule has 2 aromatic carbocycles. The standard InChI is InChI=1S/C15H13BrN2O6S/c1-10(15(19)20)17(14-8-3-2-7-13(14)16)25(23,24)12-6-4-5-11(9-12)18(21)22/h2-10H,1H3,(H,19,20). The Labute approximate surface area is 152 Å². The summed E-state index contributed by atoms with van der Waals surface area (Å²) in [6.45, 7) is 1.22. The minimum Gasteiger partial charge on any atom is -0.480 e. The van der Waals surface area contributed by atoms with E-state index in [1.165, 1.54) is 25.1 Å². The molecule has 132 valence electrons. The molecule has 0 aliphatic heterocycles. The van der Waals surface area contributed by atoms with E-state index in [4.69, 9.17) is 0 Å². The van der Waals surface area contributed by atoms with E-state index in [1.807, 2.05) is 0 Å². The normalized spacial score (nSPS) is 12.4. The summed E-state index contributed by atoms with van der Waals surface area (Å²) in [6.07, 6.45) is 0. The van der Waals surface area contributed by atoms with Crippen molar-refractivity contribution in [3.63, 3.8) is 0 Å². The van der Waals surface area contributed by atoms with Gasteiger partial charge in [-0.3, -0.25) is 14.4 Å². The van der Waals surface area contributed by atoms with Gasteiger partial charge in [0.25, 0.3) is 15.7 Å². The number of non-ortho nitro benzene ring substituents is 1. The number of para-hydroxylation sites is 1. The van der Waals surface area contributed by atoms with Crippen LogP contribution in [-0.4, -0.2) is 30.5 Å². The number of sulfonamides is 1. The largest absolute Gasteiger partial charge is 0.480 e. The lowest BCUT2D eigenvalue weighted by molar-refractivity contribution is -0.385. The zero-order valence-corrected chi connectivity index (χ0v) is 15.3. The maximum absolute atomic E-state index is 13.0. The van der Waals surface area contributed by atoms with Crippen LogP contribution in [0.15, 0.2) is 57.9 Å². The number of nitrogens with zero attached hydrogens (tertiary/aromatic N) is 2. The minimum atomic E-state index is -4.36. The first-order chi connectivity index (χ1) is 11.7. The third-order valence-electron chi connectivity index (χ3n) is 3.38. The Kier molecular flexibility index (Phi) is 5.43. The molecule has 0 saturated heterocycles. The Balaban J connectivity index is 2.68. The maximum atomic E-state index is 13.0. The number of carbonyl (C=O) groups is 1. The van der Waals surface area contributed by atoms with Gasteiger partial charge < -0.3 is 5.11 Å². The summed E-state index contributed by atoms with van der Waals surface area (Å²) in [7, 11) is -4.36. The fourth-order valence-corrected chi connectivity index (χ4v) is 4.41. The monoisotopic (exact) mass is 428 g/mol. The topological polar surface area (TPSA) is 118 Å². The molecule has 0 radical (unpaired) electrons. The number of carboxylic acid groups (broad SMARTS) is 1. The summed E-state index contributed by atoms with van der Waals surface area (Å²) in [6, 6.07) is 9.26. The van der Waals surface area contributed by atoms with E-state index in [2.05, 4.69) is 15.9 Å². The molecular formula is C15H13BrN2O6S. The van der Waals surface area contributed by atoms with Gasteiger partial charge in [0.2, 0.25) is 0 Å². The van der Waals surface area contributed by atoms with Crippen LogP contribution >= 0.6 is 15.9 Å². The summed E-state index contributed by atoms with van der Waals surface area (Å²) < 4.78 is 27.1. The molecule has 0 spiro atoms. The number of benzene rings is 2. The van der Waals surface area contributed by atoms with Crippen LogP contribution in [0.1, 0.15) is 6.92 Å². The number of hydrogen-bond donors (Lipinski definition) is 1. The van der Waals surface area contributed by atoms with Crippen molar-refractivity contribution in [3.05, 3.63) is 63.1 Å². The van der Waals surface area contributed by atoms with Gasteiger partial charge in [-0.1, -0.05) is 18.2 Å². The zero-order valence-electron chi connectivity index (χ0n) is 12.9. The summed E-state index contributed by atoms with van der Waals surface area (Å²) >= 11 is 3.21. The van der Waals surface area contributed by atoms with Gasteiger partial charge in [0.15, 0.2) is 0 Å². The van der Waals surface area contributed by atoms with Crippen LogP contribution in [-0.2, 0) is 14.8 Å². The number of nitro groups is 1. The molecule has 0 fully saturated rings. The molecule has 2 aromatic rings. The Morgan fingerprint density at radius 1 is 1.24 bits per heavy atom. The number of hydrogen-bond acceptors (Lipinski definition) is 5. The van der Waals surface area contributed by atoms with E-state index in [9.17, 15) is 28.4 Å². The quantitative estimate of drug-likeness (QED) is 0.557. The van der Waals surface area contributed by atoms with Crippen LogP contribution in [0.4, 0.5) is 11.4 Å². The summed E-state index contributed by atoms with van der Waals surface area (Å²) in [5.74, 6) is -1.36. The van der Waals surface area contributed by atoms with E-state index in [-0.39, 0.29) is 10.6 Å². The zero-order chi connectivity index (χ0) is 18.8. The third-order valence-corrected chi connectivity index (χ3v) is 5.94. The molecule has 0 heterocycles. The molecule has 10 heteroatoms. The first kappa shape index (κ1) is 18.9. The van der Waals surface area contributed by atoms with E-state index < -0.39 is 32.6 Å². The van der Waals surface area contributed by atoms with Crippen molar-refractivity contribution < 1.29 is 23.2 Å². The van der Waals surface area contributed by atoms with Crippen LogP contribution in [0.25, 0.3) is 0 Å². The number of aliphatic carboxylic acids is 1. The van der Waals surface area contributed by atoms with Crippen LogP contribution < -0.4 is 4.31 Å². The van der Waals surface area contributed by atoms with E-state index >= 15 is 0 Å². The molecular weight excluding hydrogens is 416 g/mol. The fraction of sp³-hybridized carbons (Fsp3) is 0.133. The lowest BCUT2D eigenvalue weighted by atomic mass is 10.2. The average molecular weight is 429 g/mol. The predicted octanol–water partition coefficient (Wildman–Crippen LogP) is 3.03. The number of carboxylic acids is 1. The van der Waals surface area contributed by atoms with Gasteiger partial charge in [0, 0.05) is 16.6 Å². The highest BCUT2D eigenvalue weighted by Gasteiger charge is 2.35. The number of rotatable bonds is 6. The molecule has 25 heavy (non-hydrogen) atoms. The molecule has 8 nitrogen and oxygen atoms in total. The molecule has 1 atom stereocenters. The van der Waals surface area contributed by atoms with Gasteiger partial charge in [-0.25, -0.2) is 13.2 Å². The molecule has 0 aliphatic carbocycles. The van der Waals surface area contributed by atoms with Crippen molar-refractivity contribution >= 4 is 43.3 Å². The molecule has 0 bridgehead atoms. The van der Waals surface area contributed by atoms with Gasteiger partial charge in [-0.2, -0.15) is 0 Å². The Morgan fingerprint density at radius 3 is 2.44 bits per heavy atom. The van der Waals surface area contributed by atoms with E-state index in [0.29, 0.717) is 4.47 Å².